The van der Waals surface area contributed by atoms with Gasteiger partial charge in [0.05, 0.1) is 12.4 Å². The molecule has 158 valence electrons. The third-order valence-corrected chi connectivity index (χ3v) is 6.42. The van der Waals surface area contributed by atoms with E-state index in [0.717, 1.165) is 35.8 Å². The van der Waals surface area contributed by atoms with E-state index >= 15 is 0 Å². The summed E-state index contributed by atoms with van der Waals surface area (Å²) in [6.45, 7) is 6.10. The van der Waals surface area contributed by atoms with E-state index in [4.69, 9.17) is 0 Å². The predicted molar refractivity (Wildman–Crippen MR) is 131 cm³/mol. The predicted octanol–water partition coefficient (Wildman–Crippen LogP) is 7.72. The van der Waals surface area contributed by atoms with Gasteiger partial charge in [0.2, 0.25) is 0 Å². The van der Waals surface area contributed by atoms with Gasteiger partial charge in [-0.15, -0.1) is 6.58 Å². The maximum atomic E-state index is 4.23. The van der Waals surface area contributed by atoms with Crippen LogP contribution in [0.2, 0.25) is 0 Å². The molecule has 3 rings (SSSR count). The van der Waals surface area contributed by atoms with Crippen LogP contribution in [0.5, 0.6) is 0 Å². The summed E-state index contributed by atoms with van der Waals surface area (Å²) in [5.74, 6) is 1.69. The molecule has 0 aliphatic heterocycles. The number of aryl methyl sites for hydroxylation is 1. The molecule has 0 unspecified atom stereocenters. The third-order valence-electron chi connectivity index (χ3n) is 6.42. The molecule has 0 spiro atoms. The molecule has 1 fully saturated rings. The molecule has 0 radical (unpaired) electrons. The first-order valence-corrected chi connectivity index (χ1v) is 11.6. The van der Waals surface area contributed by atoms with Gasteiger partial charge in [-0.25, -0.2) is 0 Å². The second kappa shape index (κ2) is 12.3. The minimum Gasteiger partial charge on any atom is -0.159 e. The Bertz CT molecular complexity index is 807. The summed E-state index contributed by atoms with van der Waals surface area (Å²) in [6, 6.07) is 17.5. The van der Waals surface area contributed by atoms with Crippen molar-refractivity contribution >= 4 is 12.4 Å². The summed E-state index contributed by atoms with van der Waals surface area (Å²) in [6.07, 6.45) is 17.1. The zero-order valence-corrected chi connectivity index (χ0v) is 18.5. The molecule has 1 aliphatic rings. The molecule has 0 N–H and O–H groups in total. The van der Waals surface area contributed by atoms with Gasteiger partial charge in [0.15, 0.2) is 0 Å². The Morgan fingerprint density at radius 1 is 0.833 bits per heavy atom. The smallest absolute Gasteiger partial charge is 0.0568 e. The van der Waals surface area contributed by atoms with Crippen molar-refractivity contribution in [3.63, 3.8) is 0 Å². The van der Waals surface area contributed by atoms with Crippen LogP contribution in [-0.4, -0.2) is 12.4 Å². The fourth-order valence-electron chi connectivity index (χ4n) is 4.35. The lowest BCUT2D eigenvalue weighted by atomic mass is 9.78. The fourth-order valence-corrected chi connectivity index (χ4v) is 4.35. The standard InChI is InChI=1S/C28H36N2/c1-3-5-6-7-8-24-9-11-25(12-10-24)21-29-30-22-26-15-19-28(20-16-26)27-17-13-23(4-2)14-18-27/h3,9-12,15-16,19-23,27H,1,4-8,13-14,17-18H2,2H3/b29-21+,30-22+. The molecule has 0 atom stereocenters. The zero-order valence-electron chi connectivity index (χ0n) is 18.5. The minimum atomic E-state index is 0.738. The maximum absolute atomic E-state index is 4.23. The summed E-state index contributed by atoms with van der Waals surface area (Å²) in [7, 11) is 0. The topological polar surface area (TPSA) is 24.7 Å². The van der Waals surface area contributed by atoms with Gasteiger partial charge in [-0.05, 0) is 85.5 Å². The van der Waals surface area contributed by atoms with E-state index in [-0.39, 0.29) is 0 Å². The van der Waals surface area contributed by atoms with E-state index in [2.05, 4.69) is 72.2 Å². The van der Waals surface area contributed by atoms with Crippen LogP contribution in [0.1, 0.15) is 86.5 Å². The Morgan fingerprint density at radius 2 is 1.43 bits per heavy atom. The first kappa shape index (κ1) is 22.2. The molecule has 2 heteroatoms. The van der Waals surface area contributed by atoms with Gasteiger partial charge in [0.25, 0.3) is 0 Å². The van der Waals surface area contributed by atoms with Crippen LogP contribution in [-0.2, 0) is 6.42 Å². The number of hydrogen-bond acceptors (Lipinski definition) is 2. The van der Waals surface area contributed by atoms with Crippen LogP contribution in [0.4, 0.5) is 0 Å². The van der Waals surface area contributed by atoms with Gasteiger partial charge in [0.1, 0.15) is 0 Å². The van der Waals surface area contributed by atoms with Crippen molar-refractivity contribution in [2.75, 3.05) is 0 Å². The highest BCUT2D eigenvalue weighted by molar-refractivity contribution is 5.82. The van der Waals surface area contributed by atoms with Crippen molar-refractivity contribution < 1.29 is 0 Å². The number of nitrogens with zero attached hydrogens (tertiary/aromatic N) is 2. The molecule has 0 heterocycles. The minimum absolute atomic E-state index is 0.738. The summed E-state index contributed by atoms with van der Waals surface area (Å²) < 4.78 is 0. The average Bonchev–Trinajstić information content (AvgIpc) is 2.81. The Labute approximate surface area is 182 Å². The highest BCUT2D eigenvalue weighted by Gasteiger charge is 2.20. The lowest BCUT2D eigenvalue weighted by molar-refractivity contribution is 0.319. The summed E-state index contributed by atoms with van der Waals surface area (Å²) in [5, 5.41) is 8.44. The van der Waals surface area contributed by atoms with Crippen LogP contribution in [0.15, 0.2) is 71.4 Å². The molecular weight excluding hydrogens is 364 g/mol. The van der Waals surface area contributed by atoms with Crippen LogP contribution < -0.4 is 0 Å². The second-order valence-electron chi connectivity index (χ2n) is 8.56. The lowest BCUT2D eigenvalue weighted by Gasteiger charge is -2.28. The average molecular weight is 401 g/mol. The third kappa shape index (κ3) is 7.09. The van der Waals surface area contributed by atoms with Crippen molar-refractivity contribution in [3.05, 3.63) is 83.4 Å². The van der Waals surface area contributed by atoms with E-state index in [0.29, 0.717) is 0 Å². The quantitative estimate of drug-likeness (QED) is 0.169. The summed E-state index contributed by atoms with van der Waals surface area (Å²) >= 11 is 0. The van der Waals surface area contributed by atoms with Crippen molar-refractivity contribution in [2.24, 2.45) is 16.1 Å². The number of rotatable bonds is 10. The molecule has 0 aromatic heterocycles. The number of allylic oxidation sites excluding steroid dienone is 1. The molecule has 0 bridgehead atoms. The monoisotopic (exact) mass is 400 g/mol. The van der Waals surface area contributed by atoms with E-state index in [1.807, 2.05) is 18.5 Å². The van der Waals surface area contributed by atoms with Crippen LogP contribution >= 0.6 is 0 Å². The van der Waals surface area contributed by atoms with E-state index in [1.165, 1.54) is 56.1 Å². The van der Waals surface area contributed by atoms with Crippen molar-refractivity contribution in [3.8, 4) is 0 Å². The first-order chi connectivity index (χ1) is 14.8. The van der Waals surface area contributed by atoms with Crippen molar-refractivity contribution in [1.82, 2.24) is 0 Å². The van der Waals surface area contributed by atoms with Gasteiger partial charge < -0.3 is 0 Å². The molecule has 2 aromatic carbocycles. The van der Waals surface area contributed by atoms with Crippen molar-refractivity contribution in [2.45, 2.75) is 70.6 Å². The largest absolute Gasteiger partial charge is 0.159 e. The molecule has 0 saturated heterocycles. The molecule has 0 amide bonds. The lowest BCUT2D eigenvalue weighted by Crippen LogP contribution is -2.12. The van der Waals surface area contributed by atoms with Gasteiger partial charge in [-0.2, -0.15) is 10.2 Å². The van der Waals surface area contributed by atoms with Gasteiger partial charge in [-0.1, -0.05) is 68.0 Å². The molecule has 2 nitrogen and oxygen atoms in total. The molecule has 2 aromatic rings. The van der Waals surface area contributed by atoms with Crippen LogP contribution in [0.25, 0.3) is 0 Å². The Hall–Kier alpha value is -2.48. The number of hydrogen-bond donors (Lipinski definition) is 0. The molecule has 1 aliphatic carbocycles. The van der Waals surface area contributed by atoms with Gasteiger partial charge >= 0.3 is 0 Å². The number of unbranched alkanes of at least 4 members (excludes halogenated alkanes) is 2. The molecule has 30 heavy (non-hydrogen) atoms. The van der Waals surface area contributed by atoms with E-state index < -0.39 is 0 Å². The first-order valence-electron chi connectivity index (χ1n) is 11.6. The van der Waals surface area contributed by atoms with Gasteiger partial charge in [0, 0.05) is 0 Å². The van der Waals surface area contributed by atoms with E-state index in [1.54, 1.807) is 0 Å². The van der Waals surface area contributed by atoms with Crippen molar-refractivity contribution in [1.29, 1.82) is 0 Å². The van der Waals surface area contributed by atoms with Crippen LogP contribution in [0.3, 0.4) is 0 Å². The maximum Gasteiger partial charge on any atom is 0.0568 e. The normalized spacial score (nSPS) is 19.5. The molecular formula is C28H36N2. The highest BCUT2D eigenvalue weighted by Crippen LogP contribution is 2.36. The molecule has 1 saturated carbocycles. The summed E-state index contributed by atoms with van der Waals surface area (Å²) in [5.41, 5.74) is 5.05. The zero-order chi connectivity index (χ0) is 21.0. The SMILES string of the molecule is C=CCCCCc1ccc(/C=N/N=C/c2ccc(C3CCC(CC)CC3)cc2)cc1. The Balaban J connectivity index is 1.45. The number of benzene rings is 2. The second-order valence-corrected chi connectivity index (χ2v) is 8.56. The summed E-state index contributed by atoms with van der Waals surface area (Å²) in [4.78, 5) is 0. The Kier molecular flexibility index (Phi) is 9.08. The highest BCUT2D eigenvalue weighted by atomic mass is 15.2. The Morgan fingerprint density at radius 3 is 2.00 bits per heavy atom. The van der Waals surface area contributed by atoms with Gasteiger partial charge in [-0.3, -0.25) is 0 Å². The fraction of sp³-hybridized carbons (Fsp3) is 0.429. The van der Waals surface area contributed by atoms with Crippen LogP contribution in [0, 0.1) is 5.92 Å². The van der Waals surface area contributed by atoms with E-state index in [9.17, 15) is 0 Å².